The van der Waals surface area contributed by atoms with Gasteiger partial charge in [-0.3, -0.25) is 13.8 Å². The zero-order valence-electron chi connectivity index (χ0n) is 11.3. The molecule has 2 aromatic heterocycles. The molecule has 2 heterocycles. The highest BCUT2D eigenvalue weighted by Gasteiger charge is 2.08. The summed E-state index contributed by atoms with van der Waals surface area (Å²) < 4.78 is 36.5. The number of nitrogens with zero attached hydrogens (tertiary/aromatic N) is 3. The van der Waals surface area contributed by atoms with Gasteiger partial charge >= 0.3 is 0 Å². The minimum Gasteiger partial charge on any atom is -0.772 e. The minimum atomic E-state index is -2.17. The van der Waals surface area contributed by atoms with Crippen LogP contribution in [0.1, 0.15) is 5.69 Å². The molecule has 0 bridgehead atoms. The lowest BCUT2D eigenvalue weighted by Gasteiger charge is -2.09. The van der Waals surface area contributed by atoms with Crippen molar-refractivity contribution in [1.29, 1.82) is 0 Å². The van der Waals surface area contributed by atoms with Gasteiger partial charge < -0.3 is 4.55 Å². The Morgan fingerprint density at radius 2 is 2.09 bits per heavy atom. The predicted octanol–water partition coefficient (Wildman–Crippen LogP) is 2.45. The minimum absolute atomic E-state index is 0.124. The third kappa shape index (κ3) is 3.10. The van der Waals surface area contributed by atoms with E-state index in [1.165, 1.54) is 12.1 Å². The molecule has 7 heteroatoms. The zero-order valence-corrected chi connectivity index (χ0v) is 12.2. The highest BCUT2D eigenvalue weighted by molar-refractivity contribution is 7.78. The van der Waals surface area contributed by atoms with Crippen molar-refractivity contribution in [2.75, 3.05) is 0 Å². The van der Waals surface area contributed by atoms with Crippen molar-refractivity contribution in [1.82, 2.24) is 14.5 Å². The van der Waals surface area contributed by atoms with Gasteiger partial charge in [-0.1, -0.05) is 12.1 Å². The lowest BCUT2D eigenvalue weighted by atomic mass is 10.1. The maximum absolute atomic E-state index is 13.4. The van der Waals surface area contributed by atoms with Gasteiger partial charge in [0.2, 0.25) is 0 Å². The molecule has 5 nitrogen and oxygen atoms in total. The first kappa shape index (κ1) is 14.6. The largest absolute Gasteiger partial charge is 0.772 e. The van der Waals surface area contributed by atoms with Crippen LogP contribution in [0.25, 0.3) is 16.9 Å². The van der Waals surface area contributed by atoms with E-state index in [0.29, 0.717) is 11.3 Å². The topological polar surface area (TPSA) is 70.8 Å². The molecule has 1 aromatic carbocycles. The van der Waals surface area contributed by atoms with E-state index in [-0.39, 0.29) is 11.6 Å². The molecule has 1 atom stereocenters. The number of hydrogen-bond donors (Lipinski definition) is 0. The molecule has 0 aliphatic rings. The second-order valence-corrected chi connectivity index (χ2v) is 5.51. The van der Waals surface area contributed by atoms with E-state index in [9.17, 15) is 13.2 Å². The standard InChI is InChI=1S/C15H12FN3O2S/c16-12-3-1-2-11(6-12)15-8-17-10-19(15)14-5-4-13(18-7-14)9-22(20)21/h1-8,10H,9H2,(H,20,21)/p-1. The van der Waals surface area contributed by atoms with Crippen LogP contribution in [0, 0.1) is 5.82 Å². The lowest BCUT2D eigenvalue weighted by molar-refractivity contribution is 0.535. The van der Waals surface area contributed by atoms with Crippen LogP contribution < -0.4 is 0 Å². The van der Waals surface area contributed by atoms with Gasteiger partial charge in [-0.05, 0) is 35.3 Å². The molecule has 0 fully saturated rings. The number of imidazole rings is 1. The summed E-state index contributed by atoms with van der Waals surface area (Å²) in [7, 11) is 0. The van der Waals surface area contributed by atoms with Crippen LogP contribution >= 0.6 is 0 Å². The summed E-state index contributed by atoms with van der Waals surface area (Å²) in [6.45, 7) is 0. The van der Waals surface area contributed by atoms with E-state index in [4.69, 9.17) is 0 Å². The monoisotopic (exact) mass is 316 g/mol. The molecule has 0 aliphatic carbocycles. The summed E-state index contributed by atoms with van der Waals surface area (Å²) in [5.74, 6) is -0.447. The fraction of sp³-hybridized carbons (Fsp3) is 0.0667. The van der Waals surface area contributed by atoms with Gasteiger partial charge in [-0.2, -0.15) is 0 Å². The second kappa shape index (κ2) is 6.17. The Labute approximate surface area is 128 Å². The maximum atomic E-state index is 13.4. The van der Waals surface area contributed by atoms with Crippen molar-refractivity contribution in [2.45, 2.75) is 5.75 Å². The van der Waals surface area contributed by atoms with Gasteiger partial charge in [-0.25, -0.2) is 9.37 Å². The first-order chi connectivity index (χ1) is 10.6. The molecule has 3 aromatic rings. The van der Waals surface area contributed by atoms with Gasteiger partial charge in [0.25, 0.3) is 0 Å². The predicted molar refractivity (Wildman–Crippen MR) is 79.4 cm³/mol. The van der Waals surface area contributed by atoms with E-state index >= 15 is 0 Å². The van der Waals surface area contributed by atoms with E-state index in [0.717, 1.165) is 11.4 Å². The summed E-state index contributed by atoms with van der Waals surface area (Å²) in [5, 5.41) is 0. The highest BCUT2D eigenvalue weighted by Crippen LogP contribution is 2.23. The highest BCUT2D eigenvalue weighted by atomic mass is 32.2. The molecule has 0 saturated heterocycles. The number of halogens is 1. The molecule has 0 radical (unpaired) electrons. The third-order valence-electron chi connectivity index (χ3n) is 3.11. The summed E-state index contributed by atoms with van der Waals surface area (Å²) in [6.07, 6.45) is 4.80. The number of hydrogen-bond acceptors (Lipinski definition) is 4. The molecule has 0 saturated carbocycles. The molecule has 0 N–H and O–H groups in total. The smallest absolute Gasteiger partial charge is 0.123 e. The molecule has 1 unspecified atom stereocenters. The Balaban J connectivity index is 1.96. The van der Waals surface area contributed by atoms with Gasteiger partial charge in [0.05, 0.1) is 41.5 Å². The van der Waals surface area contributed by atoms with Crippen molar-refractivity contribution in [2.24, 2.45) is 0 Å². The molecular formula is C15H11FN3O2S-. The number of benzene rings is 1. The van der Waals surface area contributed by atoms with Gasteiger partial charge in [0.15, 0.2) is 0 Å². The van der Waals surface area contributed by atoms with Crippen molar-refractivity contribution < 1.29 is 13.2 Å². The molecule has 0 amide bonds. The summed E-state index contributed by atoms with van der Waals surface area (Å²) in [4.78, 5) is 8.20. The second-order valence-electron chi connectivity index (χ2n) is 4.62. The average molecular weight is 316 g/mol. The Morgan fingerprint density at radius 3 is 2.77 bits per heavy atom. The Kier molecular flexibility index (Phi) is 4.08. The normalized spacial score (nSPS) is 12.3. The molecule has 0 spiro atoms. The molecule has 22 heavy (non-hydrogen) atoms. The summed E-state index contributed by atoms with van der Waals surface area (Å²) in [6, 6.07) is 9.62. The summed E-state index contributed by atoms with van der Waals surface area (Å²) in [5.41, 5.74) is 2.60. The molecule has 3 rings (SSSR count). The number of aromatic nitrogens is 3. The Morgan fingerprint density at radius 1 is 1.23 bits per heavy atom. The van der Waals surface area contributed by atoms with Crippen LogP contribution in [-0.4, -0.2) is 23.3 Å². The Bertz CT molecular complexity index is 818. The van der Waals surface area contributed by atoms with Crippen molar-refractivity contribution in [3.63, 3.8) is 0 Å². The van der Waals surface area contributed by atoms with E-state index < -0.39 is 11.1 Å². The van der Waals surface area contributed by atoms with Gasteiger partial charge in [0.1, 0.15) is 5.82 Å². The van der Waals surface area contributed by atoms with Crippen molar-refractivity contribution in [3.8, 4) is 16.9 Å². The van der Waals surface area contributed by atoms with E-state index in [2.05, 4.69) is 9.97 Å². The third-order valence-corrected chi connectivity index (χ3v) is 3.64. The molecule has 0 aliphatic heterocycles. The number of rotatable bonds is 4. The molecular weight excluding hydrogens is 305 g/mol. The van der Waals surface area contributed by atoms with Crippen LogP contribution in [-0.2, 0) is 16.8 Å². The fourth-order valence-corrected chi connectivity index (χ4v) is 2.54. The van der Waals surface area contributed by atoms with Crippen LogP contribution in [0.3, 0.4) is 0 Å². The lowest BCUT2D eigenvalue weighted by Crippen LogP contribution is -2.00. The number of pyridine rings is 1. The Hall–Kier alpha value is -2.38. The average Bonchev–Trinajstić information content (AvgIpc) is 2.97. The van der Waals surface area contributed by atoms with Crippen molar-refractivity contribution >= 4 is 11.1 Å². The first-order valence-electron chi connectivity index (χ1n) is 6.43. The van der Waals surface area contributed by atoms with Crippen LogP contribution in [0.5, 0.6) is 0 Å². The van der Waals surface area contributed by atoms with Crippen LogP contribution in [0.15, 0.2) is 55.1 Å². The first-order valence-corrected chi connectivity index (χ1v) is 7.67. The fourth-order valence-electron chi connectivity index (χ4n) is 2.13. The zero-order chi connectivity index (χ0) is 15.5. The summed E-state index contributed by atoms with van der Waals surface area (Å²) >= 11 is -2.17. The quantitative estimate of drug-likeness (QED) is 0.693. The van der Waals surface area contributed by atoms with Crippen LogP contribution in [0.2, 0.25) is 0 Å². The van der Waals surface area contributed by atoms with Gasteiger partial charge in [-0.15, -0.1) is 0 Å². The van der Waals surface area contributed by atoms with Crippen LogP contribution in [0.4, 0.5) is 4.39 Å². The SMILES string of the molecule is O=S([O-])Cc1ccc(-n2cncc2-c2cccc(F)c2)cn1. The van der Waals surface area contributed by atoms with Gasteiger partial charge in [0, 0.05) is 5.56 Å². The maximum Gasteiger partial charge on any atom is 0.123 e. The van der Waals surface area contributed by atoms with E-state index in [1.807, 2.05) is 0 Å². The van der Waals surface area contributed by atoms with E-state index in [1.54, 1.807) is 47.6 Å². The molecule has 112 valence electrons. The van der Waals surface area contributed by atoms with Crippen molar-refractivity contribution in [3.05, 3.63) is 66.6 Å².